The normalized spacial score (nSPS) is 12.7. The molecule has 0 saturated heterocycles. The van der Waals surface area contributed by atoms with E-state index in [-0.39, 0.29) is 17.4 Å². The molecule has 112 valence electrons. The smallest absolute Gasteiger partial charge is 0.442 e. The number of carbonyl (C=O) groups is 1. The molecule has 1 aromatic carbocycles. The van der Waals surface area contributed by atoms with Crippen LogP contribution in [0.2, 0.25) is 0 Å². The van der Waals surface area contributed by atoms with Gasteiger partial charge in [0.15, 0.2) is 0 Å². The van der Waals surface area contributed by atoms with Gasteiger partial charge in [0.2, 0.25) is 5.91 Å². The summed E-state index contributed by atoms with van der Waals surface area (Å²) in [4.78, 5) is 11.7. The van der Waals surface area contributed by atoms with Gasteiger partial charge in [0.05, 0.1) is 25.2 Å². The molecule has 20 heavy (non-hydrogen) atoms. The first-order chi connectivity index (χ1) is 9.26. The minimum absolute atomic E-state index is 0.285. The molecule has 0 heterocycles. The van der Waals surface area contributed by atoms with E-state index >= 15 is 0 Å². The molecule has 0 unspecified atom stereocenters. The maximum Gasteiger partial charge on any atom is 0.442 e. The van der Waals surface area contributed by atoms with E-state index in [9.17, 15) is 18.0 Å². The van der Waals surface area contributed by atoms with Gasteiger partial charge >= 0.3 is 5.51 Å². The van der Waals surface area contributed by atoms with Gasteiger partial charge in [0.25, 0.3) is 0 Å². The van der Waals surface area contributed by atoms with Gasteiger partial charge < -0.3 is 14.8 Å². The monoisotopic (exact) mass is 309 g/mol. The molecule has 0 saturated carbocycles. The molecule has 0 aliphatic carbocycles. The highest BCUT2D eigenvalue weighted by Crippen LogP contribution is 2.35. The van der Waals surface area contributed by atoms with E-state index in [1.807, 2.05) is 0 Å². The highest BCUT2D eigenvalue weighted by atomic mass is 32.2. The molecular weight excluding hydrogens is 295 g/mol. The fourth-order valence-corrected chi connectivity index (χ4v) is 1.96. The molecule has 0 aliphatic heterocycles. The summed E-state index contributed by atoms with van der Waals surface area (Å²) in [5.41, 5.74) is -4.17. The molecule has 1 atom stereocenters. The van der Waals surface area contributed by atoms with Gasteiger partial charge in [-0.05, 0) is 30.8 Å². The number of amides is 1. The summed E-state index contributed by atoms with van der Waals surface area (Å²) >= 11 is -0.372. The molecule has 1 N–H and O–H groups in total. The van der Waals surface area contributed by atoms with Crippen molar-refractivity contribution in [2.45, 2.75) is 17.7 Å². The SMILES string of the molecule is COc1ccc(NC(=O)[C@@H](C)SC(F)(F)F)c(OC)c1. The van der Waals surface area contributed by atoms with Crippen LogP contribution in [0.4, 0.5) is 18.9 Å². The zero-order valence-electron chi connectivity index (χ0n) is 11.1. The Labute approximate surface area is 118 Å². The molecule has 0 fully saturated rings. The van der Waals surface area contributed by atoms with Crippen LogP contribution in [0.5, 0.6) is 11.5 Å². The van der Waals surface area contributed by atoms with E-state index < -0.39 is 16.7 Å². The Morgan fingerprint density at radius 1 is 1.30 bits per heavy atom. The summed E-state index contributed by atoms with van der Waals surface area (Å²) in [7, 11) is 2.85. The molecule has 1 amide bonds. The van der Waals surface area contributed by atoms with Gasteiger partial charge in [-0.2, -0.15) is 13.2 Å². The number of thioether (sulfide) groups is 1. The van der Waals surface area contributed by atoms with Crippen LogP contribution in [-0.4, -0.2) is 30.9 Å². The number of benzene rings is 1. The number of hydrogen-bond donors (Lipinski definition) is 1. The summed E-state index contributed by atoms with van der Waals surface area (Å²) in [5, 5.41) is 1.13. The standard InChI is InChI=1S/C12H14F3NO3S/c1-7(20-12(13,14)15)11(17)16-9-5-4-8(18-2)6-10(9)19-3/h4-7H,1-3H3,(H,16,17)/t7-/m1/s1. The van der Waals surface area contributed by atoms with Crippen LogP contribution in [0.3, 0.4) is 0 Å². The van der Waals surface area contributed by atoms with Crippen LogP contribution in [0.1, 0.15) is 6.92 Å². The van der Waals surface area contributed by atoms with Crippen molar-refractivity contribution >= 4 is 23.4 Å². The average molecular weight is 309 g/mol. The Hall–Kier alpha value is -1.57. The van der Waals surface area contributed by atoms with E-state index in [0.717, 1.165) is 0 Å². The predicted molar refractivity (Wildman–Crippen MR) is 71.3 cm³/mol. The van der Waals surface area contributed by atoms with Gasteiger partial charge in [0.1, 0.15) is 11.5 Å². The number of ether oxygens (including phenoxy) is 2. The van der Waals surface area contributed by atoms with E-state index in [1.54, 1.807) is 6.07 Å². The number of methoxy groups -OCH3 is 2. The molecule has 0 aromatic heterocycles. The highest BCUT2D eigenvalue weighted by Gasteiger charge is 2.34. The Kier molecular flexibility index (Phi) is 5.55. The largest absolute Gasteiger partial charge is 0.497 e. The Morgan fingerprint density at radius 2 is 1.95 bits per heavy atom. The van der Waals surface area contributed by atoms with Gasteiger partial charge in [0, 0.05) is 6.07 Å². The topological polar surface area (TPSA) is 47.6 Å². The third-order valence-electron chi connectivity index (χ3n) is 2.35. The number of carbonyl (C=O) groups excluding carboxylic acids is 1. The van der Waals surface area contributed by atoms with Crippen LogP contribution in [0.15, 0.2) is 18.2 Å². The predicted octanol–water partition coefficient (Wildman–Crippen LogP) is 3.28. The van der Waals surface area contributed by atoms with Crippen LogP contribution in [-0.2, 0) is 4.79 Å². The molecule has 0 spiro atoms. The van der Waals surface area contributed by atoms with Crippen LogP contribution in [0.25, 0.3) is 0 Å². The Balaban J connectivity index is 2.80. The number of nitrogens with one attached hydrogen (secondary N) is 1. The first kappa shape index (κ1) is 16.5. The Bertz CT molecular complexity index is 480. The van der Waals surface area contributed by atoms with Crippen LogP contribution >= 0.6 is 11.8 Å². The zero-order chi connectivity index (χ0) is 15.3. The fraction of sp³-hybridized carbons (Fsp3) is 0.417. The van der Waals surface area contributed by atoms with E-state index in [2.05, 4.69) is 5.32 Å². The van der Waals surface area contributed by atoms with E-state index in [1.165, 1.54) is 33.3 Å². The number of anilines is 1. The second-order valence-electron chi connectivity index (χ2n) is 3.76. The maximum absolute atomic E-state index is 12.2. The van der Waals surface area contributed by atoms with Gasteiger partial charge in [-0.15, -0.1) is 0 Å². The van der Waals surface area contributed by atoms with Gasteiger partial charge in [-0.3, -0.25) is 4.79 Å². The second-order valence-corrected chi connectivity index (χ2v) is 5.17. The summed E-state index contributed by atoms with van der Waals surface area (Å²) in [6.45, 7) is 1.18. The van der Waals surface area contributed by atoms with Crippen molar-refractivity contribution in [2.24, 2.45) is 0 Å². The quantitative estimate of drug-likeness (QED) is 0.907. The minimum atomic E-state index is -4.46. The average Bonchev–Trinajstić information content (AvgIpc) is 2.37. The first-order valence-electron chi connectivity index (χ1n) is 5.54. The third kappa shape index (κ3) is 4.84. The van der Waals surface area contributed by atoms with E-state index in [4.69, 9.17) is 9.47 Å². The van der Waals surface area contributed by atoms with Crippen molar-refractivity contribution in [3.8, 4) is 11.5 Å². The first-order valence-corrected chi connectivity index (χ1v) is 6.42. The van der Waals surface area contributed by atoms with Crippen LogP contribution in [0, 0.1) is 0 Å². The van der Waals surface area contributed by atoms with Crippen molar-refractivity contribution in [1.29, 1.82) is 0 Å². The lowest BCUT2D eigenvalue weighted by atomic mass is 10.2. The number of halogens is 3. The third-order valence-corrected chi connectivity index (χ3v) is 3.18. The summed E-state index contributed by atoms with van der Waals surface area (Å²) in [6, 6.07) is 4.59. The lowest BCUT2D eigenvalue weighted by Gasteiger charge is -2.15. The molecule has 0 bridgehead atoms. The van der Waals surface area contributed by atoms with Gasteiger partial charge in [-0.1, -0.05) is 0 Å². The van der Waals surface area contributed by atoms with E-state index in [0.29, 0.717) is 11.5 Å². The summed E-state index contributed by atoms with van der Waals surface area (Å²) in [6.07, 6.45) is 0. The van der Waals surface area contributed by atoms with Crippen LogP contribution < -0.4 is 14.8 Å². The number of hydrogen-bond acceptors (Lipinski definition) is 4. The van der Waals surface area contributed by atoms with Crippen molar-refractivity contribution in [3.63, 3.8) is 0 Å². The molecule has 0 aliphatic rings. The molecule has 1 aromatic rings. The number of rotatable bonds is 5. The van der Waals surface area contributed by atoms with Gasteiger partial charge in [-0.25, -0.2) is 0 Å². The number of alkyl halides is 3. The molecule has 8 heteroatoms. The second kappa shape index (κ2) is 6.74. The maximum atomic E-state index is 12.2. The van der Waals surface area contributed by atoms with Crippen molar-refractivity contribution in [3.05, 3.63) is 18.2 Å². The molecule has 4 nitrogen and oxygen atoms in total. The summed E-state index contributed by atoms with van der Waals surface area (Å²) in [5.74, 6) is 0.0651. The lowest BCUT2D eigenvalue weighted by molar-refractivity contribution is -0.115. The van der Waals surface area contributed by atoms with Crippen molar-refractivity contribution in [1.82, 2.24) is 0 Å². The minimum Gasteiger partial charge on any atom is -0.497 e. The summed E-state index contributed by atoms with van der Waals surface area (Å²) < 4.78 is 46.6. The lowest BCUT2D eigenvalue weighted by Crippen LogP contribution is -2.25. The molecular formula is C12H14F3NO3S. The molecule has 1 rings (SSSR count). The van der Waals surface area contributed by atoms with Crippen molar-refractivity contribution in [2.75, 3.05) is 19.5 Å². The Morgan fingerprint density at radius 3 is 2.45 bits per heavy atom. The zero-order valence-corrected chi connectivity index (χ0v) is 11.9. The highest BCUT2D eigenvalue weighted by molar-refractivity contribution is 8.01. The van der Waals surface area contributed by atoms with Crippen molar-refractivity contribution < 1.29 is 27.4 Å². The fourth-order valence-electron chi connectivity index (χ4n) is 1.39. The molecule has 0 radical (unpaired) electrons.